The zero-order valence-electron chi connectivity index (χ0n) is 15.3. The molecule has 8 nitrogen and oxygen atoms in total. The molecule has 10 heteroatoms. The van der Waals surface area contributed by atoms with Crippen molar-refractivity contribution in [2.24, 2.45) is 10.9 Å². The monoisotopic (exact) mass is 487 g/mol. The van der Waals surface area contributed by atoms with E-state index < -0.39 is 10.0 Å². The molecule has 0 spiro atoms. The molecule has 0 bridgehead atoms. The molecular formula is C15H30IN5O3S. The summed E-state index contributed by atoms with van der Waals surface area (Å²) in [6.07, 6.45) is 3.01. The smallest absolute Gasteiger partial charge is 0.219 e. The summed E-state index contributed by atoms with van der Waals surface area (Å²) < 4.78 is 24.6. The molecule has 146 valence electrons. The van der Waals surface area contributed by atoms with Crippen molar-refractivity contribution >= 4 is 45.9 Å². The van der Waals surface area contributed by atoms with Crippen LogP contribution in [0.3, 0.4) is 0 Å². The maximum atomic E-state index is 11.5. The molecule has 0 saturated carbocycles. The zero-order valence-corrected chi connectivity index (χ0v) is 18.4. The van der Waals surface area contributed by atoms with Crippen LogP contribution in [-0.4, -0.2) is 93.5 Å². The third kappa shape index (κ3) is 6.55. The standard InChI is InChI=1S/C15H29N5O3S.HI/c1-13(21)18-8-10-19(11-9-18)15(16-2)17-12-14-4-6-20(7-5-14)24(3,22)23;/h14H,4-12H2,1-3H3,(H,16,17);1H. The van der Waals surface area contributed by atoms with Gasteiger partial charge in [-0.1, -0.05) is 0 Å². The first-order valence-electron chi connectivity index (χ1n) is 8.47. The summed E-state index contributed by atoms with van der Waals surface area (Å²) in [4.78, 5) is 19.8. The molecule has 1 N–H and O–H groups in total. The van der Waals surface area contributed by atoms with Crippen LogP contribution in [0.5, 0.6) is 0 Å². The number of piperidine rings is 1. The van der Waals surface area contributed by atoms with E-state index in [0.29, 0.717) is 19.0 Å². The van der Waals surface area contributed by atoms with E-state index in [1.165, 1.54) is 6.26 Å². The zero-order chi connectivity index (χ0) is 17.7. The van der Waals surface area contributed by atoms with Crippen molar-refractivity contribution in [1.82, 2.24) is 19.4 Å². The van der Waals surface area contributed by atoms with E-state index in [2.05, 4.69) is 15.2 Å². The van der Waals surface area contributed by atoms with Crippen LogP contribution in [0.1, 0.15) is 19.8 Å². The molecule has 0 aromatic heterocycles. The number of aliphatic imine (C=N–C) groups is 1. The van der Waals surface area contributed by atoms with Crippen LogP contribution in [0, 0.1) is 5.92 Å². The Bertz CT molecular complexity index is 568. The van der Waals surface area contributed by atoms with Crippen LogP contribution in [0.4, 0.5) is 0 Å². The molecule has 0 unspecified atom stereocenters. The fraction of sp³-hybridized carbons (Fsp3) is 0.867. The van der Waals surface area contributed by atoms with Gasteiger partial charge < -0.3 is 15.1 Å². The lowest BCUT2D eigenvalue weighted by molar-refractivity contribution is -0.130. The van der Waals surface area contributed by atoms with Crippen molar-refractivity contribution in [2.45, 2.75) is 19.8 Å². The average Bonchev–Trinajstić information content (AvgIpc) is 2.55. The molecule has 0 aliphatic carbocycles. The molecule has 25 heavy (non-hydrogen) atoms. The number of nitrogens with one attached hydrogen (secondary N) is 1. The normalized spacial score (nSPS) is 21.0. The van der Waals surface area contributed by atoms with Gasteiger partial charge in [-0.25, -0.2) is 12.7 Å². The van der Waals surface area contributed by atoms with Crippen molar-refractivity contribution in [3.63, 3.8) is 0 Å². The van der Waals surface area contributed by atoms with E-state index in [-0.39, 0.29) is 29.9 Å². The number of sulfonamides is 1. The largest absolute Gasteiger partial charge is 0.356 e. The minimum Gasteiger partial charge on any atom is -0.356 e. The highest BCUT2D eigenvalue weighted by Crippen LogP contribution is 2.18. The third-order valence-electron chi connectivity index (χ3n) is 4.83. The molecule has 2 aliphatic rings. The predicted octanol–water partition coefficient (Wildman–Crippen LogP) is 0.0155. The van der Waals surface area contributed by atoms with Crippen LogP contribution in [0.25, 0.3) is 0 Å². The van der Waals surface area contributed by atoms with Crippen molar-refractivity contribution in [1.29, 1.82) is 0 Å². The topological polar surface area (TPSA) is 85.3 Å². The number of carbonyl (C=O) groups excluding carboxylic acids is 1. The number of carbonyl (C=O) groups is 1. The van der Waals surface area contributed by atoms with Gasteiger partial charge in [0.05, 0.1) is 6.26 Å². The minimum atomic E-state index is -3.07. The van der Waals surface area contributed by atoms with E-state index in [1.54, 1.807) is 18.3 Å². The Morgan fingerprint density at radius 1 is 1.08 bits per heavy atom. The first-order valence-corrected chi connectivity index (χ1v) is 10.3. The lowest BCUT2D eigenvalue weighted by atomic mass is 9.98. The van der Waals surface area contributed by atoms with Crippen LogP contribution in [0.15, 0.2) is 4.99 Å². The number of nitrogens with zero attached hydrogens (tertiary/aromatic N) is 4. The molecular weight excluding hydrogens is 457 g/mol. The van der Waals surface area contributed by atoms with Gasteiger partial charge in [-0.05, 0) is 18.8 Å². The number of hydrogen-bond acceptors (Lipinski definition) is 4. The number of halogens is 1. The average molecular weight is 487 g/mol. The summed E-state index contributed by atoms with van der Waals surface area (Å²) in [7, 11) is -1.30. The Morgan fingerprint density at radius 2 is 1.60 bits per heavy atom. The number of hydrogen-bond donors (Lipinski definition) is 1. The SMILES string of the molecule is CN=C(NCC1CCN(S(C)(=O)=O)CC1)N1CCN(C(C)=O)CC1.I. The maximum Gasteiger partial charge on any atom is 0.219 e. The van der Waals surface area contributed by atoms with Crippen LogP contribution in [0.2, 0.25) is 0 Å². The van der Waals surface area contributed by atoms with Crippen LogP contribution in [-0.2, 0) is 14.8 Å². The molecule has 2 saturated heterocycles. The second-order valence-corrected chi connectivity index (χ2v) is 8.51. The van der Waals surface area contributed by atoms with Gasteiger partial charge in [-0.3, -0.25) is 9.79 Å². The highest BCUT2D eigenvalue weighted by Gasteiger charge is 2.26. The van der Waals surface area contributed by atoms with Crippen molar-refractivity contribution in [3.05, 3.63) is 0 Å². The summed E-state index contributed by atoms with van der Waals surface area (Å²) in [6.45, 7) is 6.62. The molecule has 0 aromatic rings. The molecule has 2 rings (SSSR count). The van der Waals surface area contributed by atoms with Crippen LogP contribution >= 0.6 is 24.0 Å². The van der Waals surface area contributed by atoms with E-state index in [9.17, 15) is 13.2 Å². The van der Waals surface area contributed by atoms with Gasteiger partial charge in [0.15, 0.2) is 5.96 Å². The summed E-state index contributed by atoms with van der Waals surface area (Å²) >= 11 is 0. The quantitative estimate of drug-likeness (QED) is 0.345. The van der Waals surface area contributed by atoms with E-state index in [1.807, 2.05) is 4.90 Å². The van der Waals surface area contributed by atoms with Gasteiger partial charge in [0.2, 0.25) is 15.9 Å². The summed E-state index contributed by atoms with van der Waals surface area (Å²) in [5, 5.41) is 3.41. The molecule has 1 amide bonds. The first kappa shape index (κ1) is 22.4. The second kappa shape index (κ2) is 9.91. The summed E-state index contributed by atoms with van der Waals surface area (Å²) in [6, 6.07) is 0. The van der Waals surface area contributed by atoms with Gasteiger partial charge >= 0.3 is 0 Å². The van der Waals surface area contributed by atoms with E-state index >= 15 is 0 Å². The highest BCUT2D eigenvalue weighted by molar-refractivity contribution is 14.0. The van der Waals surface area contributed by atoms with Gasteiger partial charge in [0, 0.05) is 59.8 Å². The van der Waals surface area contributed by atoms with Crippen molar-refractivity contribution in [2.75, 3.05) is 59.1 Å². The van der Waals surface area contributed by atoms with Gasteiger partial charge in [0.1, 0.15) is 0 Å². The molecule has 2 fully saturated rings. The van der Waals surface area contributed by atoms with Crippen LogP contribution < -0.4 is 5.32 Å². The Labute approximate surface area is 168 Å². The second-order valence-electron chi connectivity index (χ2n) is 6.53. The number of amides is 1. The predicted molar refractivity (Wildman–Crippen MR) is 110 cm³/mol. The van der Waals surface area contributed by atoms with E-state index in [0.717, 1.165) is 51.5 Å². The third-order valence-corrected chi connectivity index (χ3v) is 6.13. The lowest BCUT2D eigenvalue weighted by Crippen LogP contribution is -2.54. The van der Waals surface area contributed by atoms with Crippen molar-refractivity contribution in [3.8, 4) is 0 Å². The Morgan fingerprint density at radius 3 is 2.04 bits per heavy atom. The molecule has 2 aliphatic heterocycles. The van der Waals surface area contributed by atoms with Gasteiger partial charge in [-0.2, -0.15) is 0 Å². The molecule has 0 aromatic carbocycles. The lowest BCUT2D eigenvalue weighted by Gasteiger charge is -2.37. The summed E-state index contributed by atoms with van der Waals surface area (Å²) in [5.74, 6) is 1.44. The molecule has 0 atom stereocenters. The highest BCUT2D eigenvalue weighted by atomic mass is 127. The number of piperazine rings is 1. The summed E-state index contributed by atoms with van der Waals surface area (Å²) in [5.41, 5.74) is 0. The van der Waals surface area contributed by atoms with Gasteiger partial charge in [-0.15, -0.1) is 24.0 Å². The Hall–Kier alpha value is -0.620. The fourth-order valence-electron chi connectivity index (χ4n) is 3.25. The van der Waals surface area contributed by atoms with Gasteiger partial charge in [0.25, 0.3) is 0 Å². The minimum absolute atomic E-state index is 0. The van der Waals surface area contributed by atoms with Crippen molar-refractivity contribution < 1.29 is 13.2 Å². The molecule has 0 radical (unpaired) electrons. The van der Waals surface area contributed by atoms with E-state index in [4.69, 9.17) is 0 Å². The molecule has 2 heterocycles. The first-order chi connectivity index (χ1) is 11.3. The maximum absolute atomic E-state index is 11.5. The Balaban J connectivity index is 0.00000312. The number of rotatable bonds is 3. The fourth-order valence-corrected chi connectivity index (χ4v) is 4.12. The Kier molecular flexibility index (Phi) is 8.89. The number of guanidine groups is 1.